The van der Waals surface area contributed by atoms with Crippen LogP contribution < -0.4 is 10.6 Å². The highest BCUT2D eigenvalue weighted by Crippen LogP contribution is 2.42. The van der Waals surface area contributed by atoms with Crippen molar-refractivity contribution < 1.29 is 9.59 Å². The van der Waals surface area contributed by atoms with Crippen molar-refractivity contribution in [3.05, 3.63) is 22.8 Å². The minimum atomic E-state index is -0.434. The third kappa shape index (κ3) is 2.37. The van der Waals surface area contributed by atoms with E-state index >= 15 is 0 Å². The maximum Gasteiger partial charge on any atom is 0.253 e. The van der Waals surface area contributed by atoms with E-state index in [0.717, 1.165) is 9.71 Å². The number of carbonyl (C=O) groups is 2. The fraction of sp³-hybridized carbons (Fsp3) is 0.429. The smallest absolute Gasteiger partial charge is 0.253 e. The summed E-state index contributed by atoms with van der Waals surface area (Å²) >= 11 is 1.61. The van der Waals surface area contributed by atoms with E-state index in [-0.39, 0.29) is 11.8 Å². The fourth-order valence-corrected chi connectivity index (χ4v) is 3.57. The van der Waals surface area contributed by atoms with E-state index in [1.807, 2.05) is 6.07 Å². The number of nitrogens with zero attached hydrogens (tertiary/aromatic N) is 2. The van der Waals surface area contributed by atoms with E-state index in [9.17, 15) is 9.59 Å². The van der Waals surface area contributed by atoms with Crippen LogP contribution in [0.25, 0.3) is 10.3 Å². The monoisotopic (exact) mass is 302 g/mol. The van der Waals surface area contributed by atoms with Crippen LogP contribution in [0.2, 0.25) is 0 Å². The van der Waals surface area contributed by atoms with Crippen molar-refractivity contribution in [3.63, 3.8) is 0 Å². The Bertz CT molecular complexity index is 738. The first-order chi connectivity index (χ1) is 10.2. The minimum Gasteiger partial charge on any atom is -0.354 e. The molecule has 4 rings (SSSR count). The van der Waals surface area contributed by atoms with Crippen LogP contribution in [-0.4, -0.2) is 34.4 Å². The lowest BCUT2D eigenvalue weighted by Crippen LogP contribution is -2.40. The van der Waals surface area contributed by atoms with Crippen LogP contribution >= 0.6 is 11.3 Å². The summed E-state index contributed by atoms with van der Waals surface area (Å²) < 4.78 is 0.931. The van der Waals surface area contributed by atoms with Crippen LogP contribution in [0.5, 0.6) is 0 Å². The lowest BCUT2D eigenvalue weighted by molar-refractivity contribution is -0.120. The molecule has 108 valence electrons. The van der Waals surface area contributed by atoms with Crippen molar-refractivity contribution in [2.24, 2.45) is 0 Å². The maximum absolute atomic E-state index is 12.2. The number of pyridine rings is 1. The molecule has 2 aromatic rings. The SMILES string of the molecule is O=C(NC1CCNC1=O)c1cnc2nc(C3CC3)sc2c1. The zero-order chi connectivity index (χ0) is 14.4. The largest absolute Gasteiger partial charge is 0.354 e. The van der Waals surface area contributed by atoms with E-state index in [2.05, 4.69) is 20.6 Å². The van der Waals surface area contributed by atoms with Crippen LogP contribution in [0.3, 0.4) is 0 Å². The summed E-state index contributed by atoms with van der Waals surface area (Å²) in [7, 11) is 0. The third-order valence-corrected chi connectivity index (χ3v) is 4.96. The highest BCUT2D eigenvalue weighted by atomic mass is 32.1. The molecule has 0 radical (unpaired) electrons. The lowest BCUT2D eigenvalue weighted by atomic mass is 10.2. The van der Waals surface area contributed by atoms with Gasteiger partial charge in [-0.2, -0.15) is 0 Å². The van der Waals surface area contributed by atoms with E-state index in [0.29, 0.717) is 30.1 Å². The molecule has 0 aromatic carbocycles. The van der Waals surface area contributed by atoms with Gasteiger partial charge in [0.15, 0.2) is 5.65 Å². The predicted octanol–water partition coefficient (Wildman–Crippen LogP) is 1.19. The molecule has 2 fully saturated rings. The van der Waals surface area contributed by atoms with Crippen LogP contribution in [-0.2, 0) is 4.79 Å². The van der Waals surface area contributed by atoms with Gasteiger partial charge in [-0.15, -0.1) is 11.3 Å². The number of fused-ring (bicyclic) bond motifs is 1. The van der Waals surface area contributed by atoms with Crippen molar-refractivity contribution in [1.29, 1.82) is 0 Å². The average Bonchev–Trinajstić information content (AvgIpc) is 3.13. The number of hydrogen-bond acceptors (Lipinski definition) is 5. The lowest BCUT2D eigenvalue weighted by Gasteiger charge is -2.09. The molecule has 3 heterocycles. The predicted molar refractivity (Wildman–Crippen MR) is 78.3 cm³/mol. The summed E-state index contributed by atoms with van der Waals surface area (Å²) in [5.74, 6) is 0.211. The molecular weight excluding hydrogens is 288 g/mol. The van der Waals surface area contributed by atoms with Gasteiger partial charge in [-0.1, -0.05) is 0 Å². The molecule has 21 heavy (non-hydrogen) atoms. The molecule has 2 amide bonds. The molecule has 1 saturated heterocycles. The Kier molecular flexibility index (Phi) is 2.88. The molecule has 0 bridgehead atoms. The standard InChI is InChI=1S/C14H14N4O2S/c19-12(17-9-3-4-15-13(9)20)8-5-10-11(16-6-8)18-14(21-10)7-1-2-7/h5-7,9H,1-4H2,(H,15,20)(H,17,19). The Morgan fingerprint density at radius 2 is 2.24 bits per heavy atom. The Morgan fingerprint density at radius 3 is 2.95 bits per heavy atom. The van der Waals surface area contributed by atoms with E-state index in [1.165, 1.54) is 19.0 Å². The molecule has 2 aliphatic rings. The Hall–Kier alpha value is -2.02. The zero-order valence-electron chi connectivity index (χ0n) is 11.3. The van der Waals surface area contributed by atoms with Gasteiger partial charge >= 0.3 is 0 Å². The van der Waals surface area contributed by atoms with E-state index in [4.69, 9.17) is 0 Å². The first-order valence-corrected chi connectivity index (χ1v) is 7.87. The normalized spacial score (nSPS) is 21.5. The highest BCUT2D eigenvalue weighted by Gasteiger charge is 2.28. The number of rotatable bonds is 3. The minimum absolute atomic E-state index is 0.119. The van der Waals surface area contributed by atoms with Crippen molar-refractivity contribution in [1.82, 2.24) is 20.6 Å². The Morgan fingerprint density at radius 1 is 1.38 bits per heavy atom. The third-order valence-electron chi connectivity index (χ3n) is 3.81. The summed E-state index contributed by atoms with van der Waals surface area (Å²) in [5.41, 5.74) is 1.19. The first-order valence-electron chi connectivity index (χ1n) is 7.06. The van der Waals surface area contributed by atoms with Crippen LogP contribution in [0.4, 0.5) is 0 Å². The van der Waals surface area contributed by atoms with Crippen LogP contribution in [0, 0.1) is 0 Å². The average molecular weight is 302 g/mol. The van der Waals surface area contributed by atoms with Crippen molar-refractivity contribution in [2.75, 3.05) is 6.54 Å². The summed E-state index contributed by atoms with van der Waals surface area (Å²) in [4.78, 5) is 32.5. The fourth-order valence-electron chi connectivity index (χ4n) is 2.44. The van der Waals surface area contributed by atoms with Gasteiger partial charge in [0.2, 0.25) is 5.91 Å². The van der Waals surface area contributed by atoms with Gasteiger partial charge in [0.1, 0.15) is 6.04 Å². The first kappa shape index (κ1) is 12.7. The molecule has 0 spiro atoms. The van der Waals surface area contributed by atoms with Gasteiger partial charge in [-0.25, -0.2) is 9.97 Å². The second-order valence-corrected chi connectivity index (χ2v) is 6.54. The van der Waals surface area contributed by atoms with Gasteiger partial charge in [0.05, 0.1) is 15.3 Å². The molecule has 2 aromatic heterocycles. The van der Waals surface area contributed by atoms with Crippen LogP contribution in [0.1, 0.15) is 40.5 Å². The van der Waals surface area contributed by atoms with Gasteiger partial charge in [-0.3, -0.25) is 9.59 Å². The molecule has 1 atom stereocenters. The molecule has 2 N–H and O–H groups in total. The number of aromatic nitrogens is 2. The summed E-state index contributed by atoms with van der Waals surface area (Å²) in [6.45, 7) is 0.612. The highest BCUT2D eigenvalue weighted by molar-refractivity contribution is 7.18. The molecule has 1 unspecified atom stereocenters. The van der Waals surface area contributed by atoms with Crippen LogP contribution in [0.15, 0.2) is 12.3 Å². The number of thiazole rings is 1. The van der Waals surface area contributed by atoms with Crippen molar-refractivity contribution in [3.8, 4) is 0 Å². The molecular formula is C14H14N4O2S. The maximum atomic E-state index is 12.2. The van der Waals surface area contributed by atoms with E-state index in [1.54, 1.807) is 11.3 Å². The van der Waals surface area contributed by atoms with Gasteiger partial charge in [0.25, 0.3) is 5.91 Å². The van der Waals surface area contributed by atoms with Gasteiger partial charge in [-0.05, 0) is 25.3 Å². The van der Waals surface area contributed by atoms with E-state index < -0.39 is 6.04 Å². The number of amides is 2. The second-order valence-electron chi connectivity index (χ2n) is 5.48. The second kappa shape index (κ2) is 4.77. The van der Waals surface area contributed by atoms with Gasteiger partial charge in [0, 0.05) is 18.7 Å². The Labute approximate surface area is 125 Å². The summed E-state index contributed by atoms with van der Waals surface area (Å²) in [6, 6.07) is 1.38. The van der Waals surface area contributed by atoms with Crippen molar-refractivity contribution in [2.45, 2.75) is 31.2 Å². The molecule has 1 saturated carbocycles. The molecule has 1 aliphatic heterocycles. The van der Waals surface area contributed by atoms with Gasteiger partial charge < -0.3 is 10.6 Å². The summed E-state index contributed by atoms with van der Waals surface area (Å²) in [6.07, 6.45) is 4.56. The molecule has 1 aliphatic carbocycles. The van der Waals surface area contributed by atoms with Crippen molar-refractivity contribution >= 4 is 33.5 Å². The quantitative estimate of drug-likeness (QED) is 0.892. The Balaban J connectivity index is 1.57. The number of carbonyl (C=O) groups excluding carboxylic acids is 2. The molecule has 7 heteroatoms. The topological polar surface area (TPSA) is 84.0 Å². The number of hydrogen-bond donors (Lipinski definition) is 2. The summed E-state index contributed by atoms with van der Waals surface area (Å²) in [5, 5.41) is 6.56. The zero-order valence-corrected chi connectivity index (χ0v) is 12.1. The molecule has 6 nitrogen and oxygen atoms in total. The number of nitrogens with one attached hydrogen (secondary N) is 2.